The average Bonchev–Trinajstić information content (AvgIpc) is 2.33. The van der Waals surface area contributed by atoms with Crippen LogP contribution in [-0.4, -0.2) is 26.7 Å². The van der Waals surface area contributed by atoms with Gasteiger partial charge in [0.1, 0.15) is 6.29 Å². The van der Waals surface area contributed by atoms with Crippen molar-refractivity contribution in [3.63, 3.8) is 0 Å². The molecule has 0 amide bonds. The lowest BCUT2D eigenvalue weighted by molar-refractivity contribution is -0.107. The molecule has 0 aliphatic carbocycles. The number of aldehydes is 1. The smallest absolute Gasteiger partial charge is 0.204 e. The van der Waals surface area contributed by atoms with Crippen molar-refractivity contribution in [1.29, 1.82) is 0 Å². The van der Waals surface area contributed by atoms with Crippen LogP contribution in [0.25, 0.3) is 0 Å². The molecule has 0 unspecified atom stereocenters. The third kappa shape index (κ3) is 5.65. The van der Waals surface area contributed by atoms with Crippen LogP contribution in [0.2, 0.25) is 0 Å². The molecule has 1 aromatic rings. The second-order valence-electron chi connectivity index (χ2n) is 3.46. The van der Waals surface area contributed by atoms with E-state index in [9.17, 15) is 4.79 Å². The largest absolute Gasteiger partial charge is 0.504 e. The molecule has 96 valence electrons. The van der Waals surface area contributed by atoms with E-state index in [1.54, 1.807) is 0 Å². The lowest BCUT2D eigenvalue weighted by Gasteiger charge is -2.00. The van der Waals surface area contributed by atoms with E-state index in [4.69, 9.17) is 20.4 Å². The number of phenols is 4. The molecule has 0 aromatic heterocycles. The lowest BCUT2D eigenvalue weighted by Crippen LogP contribution is -1.73. The number of hydrogen-bond donors (Lipinski definition) is 4. The van der Waals surface area contributed by atoms with Gasteiger partial charge in [-0.25, -0.2) is 0 Å². The first-order valence-electron chi connectivity index (χ1n) is 5.41. The Morgan fingerprint density at radius 1 is 1.00 bits per heavy atom. The number of carbonyl (C=O) groups excluding carboxylic acids is 1. The number of phenolic OH excluding ortho intramolecular Hbond substituents is 4. The number of hydrogen-bond acceptors (Lipinski definition) is 5. The topological polar surface area (TPSA) is 98.0 Å². The van der Waals surface area contributed by atoms with E-state index in [0.717, 1.165) is 31.3 Å². The van der Waals surface area contributed by atoms with E-state index in [-0.39, 0.29) is 0 Å². The lowest BCUT2D eigenvalue weighted by atomic mass is 10.2. The van der Waals surface area contributed by atoms with E-state index < -0.39 is 23.0 Å². The van der Waals surface area contributed by atoms with Crippen molar-refractivity contribution in [2.45, 2.75) is 32.6 Å². The van der Waals surface area contributed by atoms with Crippen LogP contribution in [-0.2, 0) is 4.79 Å². The van der Waals surface area contributed by atoms with Crippen LogP contribution in [0.4, 0.5) is 0 Å². The summed E-state index contributed by atoms with van der Waals surface area (Å²) in [6.45, 7) is 2.13. The van der Waals surface area contributed by atoms with E-state index in [1.807, 2.05) is 0 Å². The predicted octanol–water partition coefficient (Wildman–Crippen LogP) is 2.27. The van der Waals surface area contributed by atoms with Gasteiger partial charge in [0.05, 0.1) is 0 Å². The van der Waals surface area contributed by atoms with Crippen molar-refractivity contribution in [3.05, 3.63) is 12.1 Å². The number of aromatic hydroxyl groups is 4. The van der Waals surface area contributed by atoms with Gasteiger partial charge in [0, 0.05) is 6.42 Å². The number of rotatable bonds is 4. The Bertz CT molecular complexity index is 322. The molecule has 1 rings (SSSR count). The summed E-state index contributed by atoms with van der Waals surface area (Å²) in [6, 6.07) is 2.15. The Morgan fingerprint density at radius 2 is 1.47 bits per heavy atom. The molecule has 17 heavy (non-hydrogen) atoms. The Kier molecular flexibility index (Phi) is 7.34. The molecule has 5 nitrogen and oxygen atoms in total. The zero-order chi connectivity index (χ0) is 13.3. The maximum absolute atomic E-state index is 9.68. The van der Waals surface area contributed by atoms with E-state index in [0.29, 0.717) is 0 Å². The molecule has 0 aliphatic rings. The van der Waals surface area contributed by atoms with Crippen molar-refractivity contribution in [1.82, 2.24) is 0 Å². The SMILES string of the molecule is CCCCCC=O.Oc1ccc(O)c(O)c1O. The number of unbranched alkanes of at least 4 members (excludes halogenated alkanes) is 3. The maximum Gasteiger partial charge on any atom is 0.204 e. The minimum atomic E-state index is -0.708. The molecule has 1 aromatic carbocycles. The van der Waals surface area contributed by atoms with Gasteiger partial charge < -0.3 is 25.2 Å². The Morgan fingerprint density at radius 3 is 1.82 bits per heavy atom. The Hall–Kier alpha value is -1.91. The van der Waals surface area contributed by atoms with Crippen molar-refractivity contribution in [3.8, 4) is 23.0 Å². The average molecular weight is 242 g/mol. The monoisotopic (exact) mass is 242 g/mol. The third-order valence-corrected chi connectivity index (χ3v) is 2.03. The summed E-state index contributed by atoms with van der Waals surface area (Å²) in [5, 5.41) is 34.9. The quantitative estimate of drug-likeness (QED) is 0.281. The zero-order valence-corrected chi connectivity index (χ0v) is 9.76. The molecule has 4 N–H and O–H groups in total. The first-order valence-corrected chi connectivity index (χ1v) is 5.41. The molecule has 0 saturated heterocycles. The van der Waals surface area contributed by atoms with Gasteiger partial charge in [0.25, 0.3) is 0 Å². The summed E-state index contributed by atoms with van der Waals surface area (Å²) in [6.07, 6.45) is 5.19. The van der Waals surface area contributed by atoms with E-state index in [2.05, 4.69) is 6.92 Å². The first kappa shape index (κ1) is 15.1. The van der Waals surface area contributed by atoms with E-state index in [1.165, 1.54) is 12.8 Å². The van der Waals surface area contributed by atoms with Gasteiger partial charge in [-0.3, -0.25) is 0 Å². The van der Waals surface area contributed by atoms with Crippen molar-refractivity contribution >= 4 is 6.29 Å². The van der Waals surface area contributed by atoms with Crippen molar-refractivity contribution in [2.75, 3.05) is 0 Å². The Balaban J connectivity index is 0.000000325. The van der Waals surface area contributed by atoms with Gasteiger partial charge in [-0.2, -0.15) is 0 Å². The van der Waals surface area contributed by atoms with Gasteiger partial charge >= 0.3 is 0 Å². The minimum absolute atomic E-state index is 0.463. The number of carbonyl (C=O) groups is 1. The Labute approximate surface area is 100.0 Å². The van der Waals surface area contributed by atoms with Crippen molar-refractivity contribution in [2.24, 2.45) is 0 Å². The minimum Gasteiger partial charge on any atom is -0.504 e. The standard InChI is InChI=1S/C6H6O4.C6H12O/c7-3-1-2-4(8)6(10)5(3)9;1-2-3-4-5-6-7/h1-2,7-10H;6H,2-5H2,1H3. The molecule has 0 saturated carbocycles. The van der Waals surface area contributed by atoms with Gasteiger partial charge in [-0.15, -0.1) is 0 Å². The van der Waals surface area contributed by atoms with Gasteiger partial charge in [-0.05, 0) is 18.6 Å². The molecule has 0 heterocycles. The van der Waals surface area contributed by atoms with Gasteiger partial charge in [0.15, 0.2) is 11.5 Å². The van der Waals surface area contributed by atoms with Crippen LogP contribution in [0, 0.1) is 0 Å². The highest BCUT2D eigenvalue weighted by molar-refractivity contribution is 5.55. The molecule has 0 atom stereocenters. The summed E-state index contributed by atoms with van der Waals surface area (Å²) in [7, 11) is 0. The summed E-state index contributed by atoms with van der Waals surface area (Å²) in [5.74, 6) is -2.34. The summed E-state index contributed by atoms with van der Waals surface area (Å²) < 4.78 is 0. The summed E-state index contributed by atoms with van der Waals surface area (Å²) in [4.78, 5) is 9.68. The molecular weight excluding hydrogens is 224 g/mol. The van der Waals surface area contributed by atoms with Crippen LogP contribution in [0.5, 0.6) is 23.0 Å². The molecule has 0 fully saturated rings. The third-order valence-electron chi connectivity index (χ3n) is 2.03. The maximum atomic E-state index is 9.68. The molecular formula is C12H18O5. The van der Waals surface area contributed by atoms with Crippen LogP contribution in [0.1, 0.15) is 32.6 Å². The van der Waals surface area contributed by atoms with Gasteiger partial charge in [0.2, 0.25) is 11.5 Å². The highest BCUT2D eigenvalue weighted by Gasteiger charge is 2.08. The number of benzene rings is 1. The second-order valence-corrected chi connectivity index (χ2v) is 3.46. The van der Waals surface area contributed by atoms with Crippen LogP contribution in [0.3, 0.4) is 0 Å². The van der Waals surface area contributed by atoms with Crippen molar-refractivity contribution < 1.29 is 25.2 Å². The van der Waals surface area contributed by atoms with Crippen LogP contribution < -0.4 is 0 Å². The van der Waals surface area contributed by atoms with Crippen LogP contribution in [0.15, 0.2) is 12.1 Å². The van der Waals surface area contributed by atoms with Crippen LogP contribution >= 0.6 is 0 Å². The highest BCUT2D eigenvalue weighted by atomic mass is 16.3. The fourth-order valence-corrected chi connectivity index (χ4v) is 1.04. The van der Waals surface area contributed by atoms with E-state index >= 15 is 0 Å². The highest BCUT2D eigenvalue weighted by Crippen LogP contribution is 2.40. The fourth-order valence-electron chi connectivity index (χ4n) is 1.04. The molecule has 0 radical (unpaired) electrons. The fraction of sp³-hybridized carbons (Fsp3) is 0.417. The molecule has 5 heteroatoms. The normalized spacial score (nSPS) is 9.24. The zero-order valence-electron chi connectivity index (χ0n) is 9.76. The second kappa shape index (κ2) is 8.27. The summed E-state index contributed by atoms with van der Waals surface area (Å²) in [5.41, 5.74) is 0. The first-order chi connectivity index (χ1) is 8.04. The van der Waals surface area contributed by atoms with Gasteiger partial charge in [-0.1, -0.05) is 19.8 Å². The predicted molar refractivity (Wildman–Crippen MR) is 63.3 cm³/mol. The molecule has 0 bridgehead atoms. The summed E-state index contributed by atoms with van der Waals surface area (Å²) >= 11 is 0. The molecule has 0 spiro atoms. The molecule has 0 aliphatic heterocycles.